The van der Waals surface area contributed by atoms with Crippen LogP contribution in [-0.2, 0) is 28.8 Å². The summed E-state index contributed by atoms with van der Waals surface area (Å²) in [6.07, 6.45) is 0.566. The number of ether oxygens (including phenoxy) is 1. The first-order valence-corrected chi connectivity index (χ1v) is 20.5. The van der Waals surface area contributed by atoms with Crippen LogP contribution in [0.3, 0.4) is 0 Å². The van der Waals surface area contributed by atoms with Crippen LogP contribution in [0, 0.1) is 0 Å². The second-order valence-electron chi connectivity index (χ2n) is 9.40. The van der Waals surface area contributed by atoms with Crippen LogP contribution in [-0.4, -0.2) is 65.8 Å². The Kier molecular flexibility index (Phi) is 7.67. The van der Waals surface area contributed by atoms with E-state index in [0.717, 1.165) is 0 Å². The van der Waals surface area contributed by atoms with Crippen LogP contribution in [0.1, 0.15) is 0 Å². The van der Waals surface area contributed by atoms with Gasteiger partial charge in [0.1, 0.15) is 12.2 Å². The van der Waals surface area contributed by atoms with Gasteiger partial charge in [0, 0.05) is 17.1 Å². The van der Waals surface area contributed by atoms with Crippen LogP contribution >= 0.6 is 0 Å². The van der Waals surface area contributed by atoms with Gasteiger partial charge in [0.2, 0.25) is 0 Å². The van der Waals surface area contributed by atoms with E-state index in [0.29, 0.717) is 5.75 Å². The van der Waals surface area contributed by atoms with Gasteiger partial charge in [-0.25, -0.2) is 0 Å². The molecule has 0 aromatic rings. The van der Waals surface area contributed by atoms with Crippen LogP contribution in [0.25, 0.3) is 0 Å². The van der Waals surface area contributed by atoms with Gasteiger partial charge in [-0.05, 0) is 58.9 Å². The standard InChI is InChI=1S/C15H36O5SSi3/c1-21(16)11-12-13(18-22(2,3)4)14(19-23(5,6)7)15(17-12)20-24(8,9)10/h12-15H,11H2,1-10H3. The third kappa shape index (κ3) is 8.35. The van der Waals surface area contributed by atoms with Crippen molar-refractivity contribution in [1.82, 2.24) is 0 Å². The molecule has 0 aromatic carbocycles. The van der Waals surface area contributed by atoms with E-state index < -0.39 is 42.0 Å². The van der Waals surface area contributed by atoms with E-state index >= 15 is 0 Å². The number of hydrogen-bond acceptors (Lipinski definition) is 5. The zero-order valence-electron chi connectivity index (χ0n) is 17.0. The van der Waals surface area contributed by atoms with Crippen LogP contribution < -0.4 is 0 Å². The lowest BCUT2D eigenvalue weighted by Gasteiger charge is -2.35. The molecule has 1 aliphatic rings. The summed E-state index contributed by atoms with van der Waals surface area (Å²) >= 11 is 0. The lowest BCUT2D eigenvalue weighted by Crippen LogP contribution is -2.50. The SMILES string of the molecule is CS(=O)CC1OC(O[Si](C)(C)C)C(O[Si](C)(C)C)C1O[Si](C)(C)C. The van der Waals surface area contributed by atoms with Crippen molar-refractivity contribution in [3.05, 3.63) is 0 Å². The maximum Gasteiger partial charge on any atom is 0.187 e. The summed E-state index contributed by atoms with van der Waals surface area (Å²) < 4.78 is 37.1. The highest BCUT2D eigenvalue weighted by atomic mass is 32.2. The van der Waals surface area contributed by atoms with Gasteiger partial charge in [0.05, 0.1) is 11.9 Å². The molecule has 0 radical (unpaired) electrons. The Hall–Kier alpha value is 0.641. The minimum absolute atomic E-state index is 0.214. The highest BCUT2D eigenvalue weighted by Crippen LogP contribution is 2.33. The molecule has 5 atom stereocenters. The average molecular weight is 413 g/mol. The zero-order valence-corrected chi connectivity index (χ0v) is 20.8. The fraction of sp³-hybridized carbons (Fsp3) is 1.00. The van der Waals surface area contributed by atoms with Crippen molar-refractivity contribution in [2.45, 2.75) is 83.5 Å². The molecule has 144 valence electrons. The lowest BCUT2D eigenvalue weighted by atomic mass is 10.2. The summed E-state index contributed by atoms with van der Waals surface area (Å²) in [6, 6.07) is 0. The second kappa shape index (κ2) is 8.12. The van der Waals surface area contributed by atoms with E-state index in [-0.39, 0.29) is 18.3 Å². The normalized spacial score (nSPS) is 30.6. The van der Waals surface area contributed by atoms with Crippen LogP contribution in [0.2, 0.25) is 58.9 Å². The topological polar surface area (TPSA) is 54.0 Å². The predicted octanol–water partition coefficient (Wildman–Crippen LogP) is 3.38. The summed E-state index contributed by atoms with van der Waals surface area (Å²) in [4.78, 5) is 0. The molecule has 1 saturated heterocycles. The zero-order chi connectivity index (χ0) is 18.9. The molecule has 1 fully saturated rings. The van der Waals surface area contributed by atoms with Gasteiger partial charge in [-0.2, -0.15) is 0 Å². The van der Waals surface area contributed by atoms with Crippen LogP contribution in [0.4, 0.5) is 0 Å². The third-order valence-corrected chi connectivity index (χ3v) is 6.81. The minimum Gasteiger partial charge on any atom is -0.409 e. The highest BCUT2D eigenvalue weighted by molar-refractivity contribution is 7.84. The van der Waals surface area contributed by atoms with Crippen molar-refractivity contribution >= 4 is 35.8 Å². The monoisotopic (exact) mass is 412 g/mol. The Bertz CT molecular complexity index is 442. The quantitative estimate of drug-likeness (QED) is 0.572. The fourth-order valence-corrected chi connectivity index (χ4v) is 6.37. The van der Waals surface area contributed by atoms with Crippen molar-refractivity contribution in [1.29, 1.82) is 0 Å². The largest absolute Gasteiger partial charge is 0.409 e. The third-order valence-electron chi connectivity index (χ3n) is 3.12. The molecule has 5 nitrogen and oxygen atoms in total. The van der Waals surface area contributed by atoms with E-state index in [1.807, 2.05) is 0 Å². The van der Waals surface area contributed by atoms with Crippen molar-refractivity contribution in [2.75, 3.05) is 12.0 Å². The van der Waals surface area contributed by atoms with Gasteiger partial charge in [-0.1, -0.05) is 0 Å². The van der Waals surface area contributed by atoms with Crippen molar-refractivity contribution in [3.8, 4) is 0 Å². The van der Waals surface area contributed by atoms with Crippen molar-refractivity contribution < 1.29 is 22.2 Å². The van der Waals surface area contributed by atoms with Gasteiger partial charge < -0.3 is 18.0 Å². The summed E-state index contributed by atoms with van der Waals surface area (Å²) in [5, 5.41) is 0. The smallest absolute Gasteiger partial charge is 0.187 e. The molecular formula is C15H36O5SSi3. The van der Waals surface area contributed by atoms with Crippen molar-refractivity contribution in [3.63, 3.8) is 0 Å². The summed E-state index contributed by atoms with van der Waals surface area (Å²) in [7, 11) is -6.38. The van der Waals surface area contributed by atoms with E-state index in [1.54, 1.807) is 6.26 Å². The molecule has 0 aliphatic carbocycles. The second-order valence-corrected chi connectivity index (χ2v) is 24.3. The van der Waals surface area contributed by atoms with Crippen LogP contribution in [0.5, 0.6) is 0 Å². The van der Waals surface area contributed by atoms with Gasteiger partial charge in [-0.15, -0.1) is 0 Å². The molecular weight excluding hydrogens is 376 g/mol. The molecule has 1 heterocycles. The Balaban J connectivity index is 3.12. The minimum atomic E-state index is -1.81. The van der Waals surface area contributed by atoms with E-state index in [9.17, 15) is 4.21 Å². The summed E-state index contributed by atoms with van der Waals surface area (Å²) in [6.45, 7) is 19.4. The number of rotatable bonds is 8. The fourth-order valence-electron chi connectivity index (χ4n) is 2.58. The Morgan fingerprint density at radius 1 is 0.792 bits per heavy atom. The van der Waals surface area contributed by atoms with Gasteiger partial charge >= 0.3 is 0 Å². The summed E-state index contributed by atoms with van der Waals surface area (Å²) in [5.74, 6) is 0.451. The Morgan fingerprint density at radius 2 is 1.21 bits per heavy atom. The molecule has 9 heteroatoms. The predicted molar refractivity (Wildman–Crippen MR) is 108 cm³/mol. The molecule has 0 aromatic heterocycles. The maximum absolute atomic E-state index is 11.8. The molecule has 1 aliphatic heterocycles. The average Bonchev–Trinajstić information content (AvgIpc) is 2.51. The van der Waals surface area contributed by atoms with Gasteiger partial charge in [0.15, 0.2) is 31.2 Å². The first-order chi connectivity index (χ1) is 10.6. The summed E-state index contributed by atoms with van der Waals surface area (Å²) in [5.41, 5.74) is 0. The molecule has 0 saturated carbocycles. The van der Waals surface area contributed by atoms with Gasteiger partial charge in [-0.3, -0.25) is 4.21 Å². The van der Waals surface area contributed by atoms with E-state index in [4.69, 9.17) is 18.0 Å². The molecule has 0 bridgehead atoms. The first kappa shape index (κ1) is 22.7. The van der Waals surface area contributed by atoms with Crippen LogP contribution in [0.15, 0.2) is 0 Å². The lowest BCUT2D eigenvalue weighted by molar-refractivity contribution is -0.106. The molecule has 5 unspecified atom stereocenters. The van der Waals surface area contributed by atoms with E-state index in [1.165, 1.54) is 0 Å². The highest BCUT2D eigenvalue weighted by Gasteiger charge is 2.50. The molecule has 1 rings (SSSR count). The van der Waals surface area contributed by atoms with E-state index in [2.05, 4.69) is 58.9 Å². The number of hydrogen-bond donors (Lipinski definition) is 0. The first-order valence-electron chi connectivity index (χ1n) is 8.56. The van der Waals surface area contributed by atoms with Crippen molar-refractivity contribution in [2.24, 2.45) is 0 Å². The molecule has 24 heavy (non-hydrogen) atoms. The molecule has 0 N–H and O–H groups in total. The molecule has 0 amide bonds. The Morgan fingerprint density at radius 3 is 1.58 bits per heavy atom. The molecule has 0 spiro atoms. The Labute approximate surface area is 153 Å². The maximum atomic E-state index is 11.8. The van der Waals surface area contributed by atoms with Gasteiger partial charge in [0.25, 0.3) is 0 Å².